The van der Waals surface area contributed by atoms with Crippen LogP contribution < -0.4 is 0 Å². The van der Waals surface area contributed by atoms with Gasteiger partial charge < -0.3 is 5.11 Å². The lowest BCUT2D eigenvalue weighted by molar-refractivity contribution is 0.297. The van der Waals surface area contributed by atoms with Crippen molar-refractivity contribution in [1.82, 2.24) is 14.6 Å². The highest BCUT2D eigenvalue weighted by Gasteiger charge is 2.28. The average molecular weight is 331 g/mol. The van der Waals surface area contributed by atoms with E-state index < -0.39 is 9.84 Å². The molecule has 0 saturated carbocycles. The van der Waals surface area contributed by atoms with Crippen molar-refractivity contribution in [1.29, 1.82) is 0 Å². The number of nitrogens with zero attached hydrogens (tertiary/aromatic N) is 3. The normalized spacial score (nSPS) is 12.0. The molecule has 2 heterocycles. The van der Waals surface area contributed by atoms with Crippen LogP contribution in [0.3, 0.4) is 0 Å². The Balaban J connectivity index is 2.37. The summed E-state index contributed by atoms with van der Waals surface area (Å²) in [5, 5.41) is 13.6. The van der Waals surface area contributed by atoms with Gasteiger partial charge in [0.2, 0.25) is 9.84 Å². The quantitative estimate of drug-likeness (QED) is 0.787. The van der Waals surface area contributed by atoms with Crippen LogP contribution in [0.2, 0.25) is 0 Å². The zero-order valence-electron chi connectivity index (χ0n) is 12.9. The molecule has 0 saturated heterocycles. The molecule has 0 unspecified atom stereocenters. The maximum absolute atomic E-state index is 13.1. The highest BCUT2D eigenvalue weighted by molar-refractivity contribution is 7.91. The van der Waals surface area contributed by atoms with Crippen molar-refractivity contribution in [2.75, 3.05) is 6.61 Å². The first kappa shape index (κ1) is 15.6. The van der Waals surface area contributed by atoms with E-state index >= 15 is 0 Å². The molecule has 0 bridgehead atoms. The standard InChI is InChI=1S/C16H17N3O3S/c1-11-10-12(2)19-16(17-11)15(14(18-19)8-9-20)23(21,22)13-6-4-3-5-7-13/h3-7,10,20H,8-9H2,1-2H3. The van der Waals surface area contributed by atoms with Crippen LogP contribution in [0.4, 0.5) is 0 Å². The van der Waals surface area contributed by atoms with Gasteiger partial charge in [-0.15, -0.1) is 0 Å². The van der Waals surface area contributed by atoms with Gasteiger partial charge in [0.25, 0.3) is 0 Å². The number of aliphatic hydroxyl groups is 1. The van der Waals surface area contributed by atoms with Gasteiger partial charge in [-0.3, -0.25) is 0 Å². The first-order valence-corrected chi connectivity index (χ1v) is 8.70. The molecular weight excluding hydrogens is 314 g/mol. The highest BCUT2D eigenvalue weighted by atomic mass is 32.2. The molecule has 23 heavy (non-hydrogen) atoms. The first-order valence-electron chi connectivity index (χ1n) is 7.22. The van der Waals surface area contributed by atoms with Gasteiger partial charge in [0, 0.05) is 24.4 Å². The number of rotatable bonds is 4. The summed E-state index contributed by atoms with van der Waals surface area (Å²) in [6.07, 6.45) is 0.156. The van der Waals surface area contributed by atoms with Gasteiger partial charge in [0.1, 0.15) is 4.90 Å². The van der Waals surface area contributed by atoms with E-state index in [0.717, 1.165) is 11.4 Å². The summed E-state index contributed by atoms with van der Waals surface area (Å²) >= 11 is 0. The third-order valence-corrected chi connectivity index (χ3v) is 5.44. The molecule has 0 amide bonds. The smallest absolute Gasteiger partial charge is 0.212 e. The molecule has 0 aliphatic rings. The topological polar surface area (TPSA) is 84.6 Å². The third kappa shape index (κ3) is 2.62. The minimum Gasteiger partial charge on any atom is -0.396 e. The summed E-state index contributed by atoms with van der Waals surface area (Å²) < 4.78 is 27.6. The molecule has 2 aromatic heterocycles. The van der Waals surface area contributed by atoms with Crippen molar-refractivity contribution in [3.8, 4) is 0 Å². The van der Waals surface area contributed by atoms with Crippen molar-refractivity contribution in [2.45, 2.75) is 30.1 Å². The number of aryl methyl sites for hydroxylation is 2. The van der Waals surface area contributed by atoms with Crippen LogP contribution in [0.25, 0.3) is 5.65 Å². The predicted octanol–water partition coefficient (Wildman–Crippen LogP) is 1.71. The Labute approximate surface area is 134 Å². The Bertz CT molecular complexity index is 963. The summed E-state index contributed by atoms with van der Waals surface area (Å²) in [4.78, 5) is 4.63. The molecular formula is C16H17N3O3S. The molecule has 0 aliphatic carbocycles. The van der Waals surface area contributed by atoms with Gasteiger partial charge >= 0.3 is 0 Å². The highest BCUT2D eigenvalue weighted by Crippen LogP contribution is 2.28. The number of sulfone groups is 1. The molecule has 1 N–H and O–H groups in total. The van der Waals surface area contributed by atoms with Gasteiger partial charge in [-0.05, 0) is 32.0 Å². The van der Waals surface area contributed by atoms with Gasteiger partial charge in [-0.25, -0.2) is 17.9 Å². The molecule has 1 aromatic carbocycles. The van der Waals surface area contributed by atoms with Crippen LogP contribution in [-0.2, 0) is 16.3 Å². The molecule has 0 atom stereocenters. The number of aromatic nitrogens is 3. The number of aliphatic hydroxyl groups excluding tert-OH is 1. The van der Waals surface area contributed by atoms with Crippen molar-refractivity contribution in [3.63, 3.8) is 0 Å². The Morgan fingerprint density at radius 2 is 1.87 bits per heavy atom. The monoisotopic (exact) mass is 331 g/mol. The fraction of sp³-hybridized carbons (Fsp3) is 0.250. The average Bonchev–Trinajstić information content (AvgIpc) is 2.87. The van der Waals surface area contributed by atoms with Crippen LogP contribution >= 0.6 is 0 Å². The fourth-order valence-corrected chi connectivity index (χ4v) is 4.18. The lowest BCUT2D eigenvalue weighted by Gasteiger charge is -2.05. The predicted molar refractivity (Wildman–Crippen MR) is 85.1 cm³/mol. The summed E-state index contributed by atoms with van der Waals surface area (Å²) in [5.41, 5.74) is 2.14. The van der Waals surface area contributed by atoms with Crippen molar-refractivity contribution in [3.05, 3.63) is 53.5 Å². The van der Waals surface area contributed by atoms with Crippen molar-refractivity contribution < 1.29 is 13.5 Å². The largest absolute Gasteiger partial charge is 0.396 e. The molecule has 120 valence electrons. The van der Waals surface area contributed by atoms with Gasteiger partial charge in [0.05, 0.1) is 10.6 Å². The molecule has 0 fully saturated rings. The SMILES string of the molecule is Cc1cc(C)n2nc(CCO)c(S(=O)(=O)c3ccccc3)c2n1. The summed E-state index contributed by atoms with van der Waals surface area (Å²) in [5.74, 6) is 0. The van der Waals surface area contributed by atoms with E-state index in [9.17, 15) is 13.5 Å². The molecule has 0 radical (unpaired) electrons. The van der Waals surface area contributed by atoms with Crippen LogP contribution in [-0.4, -0.2) is 34.7 Å². The molecule has 0 aliphatic heterocycles. The Kier molecular flexibility index (Phi) is 3.91. The number of hydrogen-bond acceptors (Lipinski definition) is 5. The second kappa shape index (κ2) is 5.75. The van der Waals surface area contributed by atoms with Crippen molar-refractivity contribution in [2.24, 2.45) is 0 Å². The summed E-state index contributed by atoms with van der Waals surface area (Å²) in [6, 6.07) is 10.0. The van der Waals surface area contributed by atoms with Gasteiger partial charge in [-0.2, -0.15) is 5.10 Å². The zero-order chi connectivity index (χ0) is 16.6. The maximum Gasteiger partial charge on any atom is 0.212 e. The Morgan fingerprint density at radius 3 is 2.52 bits per heavy atom. The maximum atomic E-state index is 13.1. The number of fused-ring (bicyclic) bond motifs is 1. The Morgan fingerprint density at radius 1 is 1.17 bits per heavy atom. The first-order chi connectivity index (χ1) is 10.9. The molecule has 0 spiro atoms. The molecule has 6 nitrogen and oxygen atoms in total. The van der Waals surface area contributed by atoms with E-state index in [0.29, 0.717) is 11.3 Å². The van der Waals surface area contributed by atoms with E-state index in [2.05, 4.69) is 10.1 Å². The van der Waals surface area contributed by atoms with Crippen LogP contribution in [0.5, 0.6) is 0 Å². The van der Waals surface area contributed by atoms with Gasteiger partial charge in [0.15, 0.2) is 5.65 Å². The van der Waals surface area contributed by atoms with E-state index in [4.69, 9.17) is 0 Å². The summed E-state index contributed by atoms with van der Waals surface area (Å²) in [7, 11) is -3.77. The van der Waals surface area contributed by atoms with E-state index in [-0.39, 0.29) is 22.8 Å². The number of benzene rings is 1. The van der Waals surface area contributed by atoms with Crippen LogP contribution in [0, 0.1) is 13.8 Å². The summed E-state index contributed by atoms with van der Waals surface area (Å²) in [6.45, 7) is 3.47. The lowest BCUT2D eigenvalue weighted by Crippen LogP contribution is -2.06. The van der Waals surface area contributed by atoms with E-state index in [1.807, 2.05) is 19.9 Å². The second-order valence-corrected chi connectivity index (χ2v) is 7.23. The number of hydrogen-bond donors (Lipinski definition) is 1. The van der Waals surface area contributed by atoms with Crippen molar-refractivity contribution >= 4 is 15.5 Å². The van der Waals surface area contributed by atoms with Gasteiger partial charge in [-0.1, -0.05) is 18.2 Å². The fourth-order valence-electron chi connectivity index (χ4n) is 2.61. The third-order valence-electron chi connectivity index (χ3n) is 3.59. The minimum atomic E-state index is -3.77. The van der Waals surface area contributed by atoms with E-state index in [1.54, 1.807) is 30.3 Å². The zero-order valence-corrected chi connectivity index (χ0v) is 13.7. The molecule has 3 rings (SSSR count). The minimum absolute atomic E-state index is 0.0737. The van der Waals surface area contributed by atoms with Crippen LogP contribution in [0.1, 0.15) is 17.1 Å². The lowest BCUT2D eigenvalue weighted by atomic mass is 10.3. The molecule has 3 aromatic rings. The molecule has 7 heteroatoms. The Hall–Kier alpha value is -2.25. The van der Waals surface area contributed by atoms with Crippen LogP contribution in [0.15, 0.2) is 46.2 Å². The van der Waals surface area contributed by atoms with E-state index in [1.165, 1.54) is 4.52 Å². The second-order valence-electron chi connectivity index (χ2n) is 5.34.